The molecule has 8 nitrogen and oxygen atoms in total. The van der Waals surface area contributed by atoms with Crippen molar-refractivity contribution in [3.63, 3.8) is 0 Å². The van der Waals surface area contributed by atoms with Crippen LogP contribution in [0.4, 0.5) is 75.4 Å². The van der Waals surface area contributed by atoms with Crippen LogP contribution in [0.25, 0.3) is 10.6 Å². The number of ketones is 2. The Morgan fingerprint density at radius 1 is 0.553 bits per heavy atom. The van der Waals surface area contributed by atoms with Crippen molar-refractivity contribution in [2.75, 3.05) is 10.6 Å². The third kappa shape index (κ3) is 11.1. The van der Waals surface area contributed by atoms with Gasteiger partial charge in [0.15, 0.2) is 0 Å². The molecule has 0 aromatic heterocycles. The van der Waals surface area contributed by atoms with Crippen LogP contribution < -0.4 is 10.6 Å². The first kappa shape index (κ1) is 39.3. The Morgan fingerprint density at radius 2 is 0.872 bits per heavy atom. The monoisotopic (exact) mass is 769 g/mol. The van der Waals surface area contributed by atoms with Gasteiger partial charge >= 0.3 is 53.3 Å². The second-order valence-electron chi connectivity index (χ2n) is 8.39. The van der Waals surface area contributed by atoms with Crippen LogP contribution in [0.15, 0.2) is 68.4 Å². The summed E-state index contributed by atoms with van der Waals surface area (Å²) in [6.45, 7) is 0. The molecular weight excluding hydrogens is 759 g/mol. The van der Waals surface area contributed by atoms with Crippen molar-refractivity contribution in [2.24, 2.45) is 0 Å². The molecule has 2 aromatic carbocycles. The number of nitrogens with zero attached hydrogens (tertiary/aromatic N) is 2. The van der Waals surface area contributed by atoms with Crippen molar-refractivity contribution >= 4 is 69.7 Å². The summed E-state index contributed by atoms with van der Waals surface area (Å²) in [6.07, 6.45) is -19.6. The zero-order valence-corrected chi connectivity index (χ0v) is 24.5. The van der Waals surface area contributed by atoms with Crippen LogP contribution in [0, 0.1) is 0 Å². The van der Waals surface area contributed by atoms with Gasteiger partial charge in [-0.15, -0.1) is 34.9 Å². The third-order valence-electron chi connectivity index (χ3n) is 4.91. The fourth-order valence-corrected chi connectivity index (χ4v) is 4.83. The molecular formula is C24H10CoF12N4O4S2. The molecule has 0 saturated heterocycles. The van der Waals surface area contributed by atoms with E-state index in [-0.39, 0.29) is 59.4 Å². The van der Waals surface area contributed by atoms with Gasteiger partial charge < -0.3 is 21.3 Å². The van der Waals surface area contributed by atoms with Crippen LogP contribution in [0.2, 0.25) is 0 Å². The number of anilines is 2. The fourth-order valence-electron chi connectivity index (χ4n) is 2.96. The van der Waals surface area contributed by atoms with Crippen LogP contribution in [0.5, 0.6) is 0 Å². The van der Waals surface area contributed by atoms with E-state index in [9.17, 15) is 71.9 Å². The summed E-state index contributed by atoms with van der Waals surface area (Å²) in [5, 5.41) is 10.2. The number of carbonyl (C=O) groups is 4. The minimum atomic E-state index is -5.07. The van der Waals surface area contributed by atoms with E-state index >= 15 is 0 Å². The summed E-state index contributed by atoms with van der Waals surface area (Å²) < 4.78 is 146. The van der Waals surface area contributed by atoms with Crippen molar-refractivity contribution < 1.29 is 88.6 Å². The van der Waals surface area contributed by atoms with Gasteiger partial charge in [0.1, 0.15) is 0 Å². The van der Waals surface area contributed by atoms with Gasteiger partial charge in [-0.25, -0.2) is 0 Å². The Hall–Kier alpha value is -3.83. The van der Waals surface area contributed by atoms with E-state index in [1.807, 2.05) is 0 Å². The van der Waals surface area contributed by atoms with E-state index in [4.69, 9.17) is 0 Å². The van der Waals surface area contributed by atoms with Gasteiger partial charge in [-0.2, -0.15) is 52.7 Å². The molecule has 0 bridgehead atoms. The number of allylic oxidation sites excluding steroid dienone is 2. The second kappa shape index (κ2) is 14.5. The zero-order chi connectivity index (χ0) is 34.8. The number of alkyl halides is 12. The zero-order valence-electron chi connectivity index (χ0n) is 21.8. The summed E-state index contributed by atoms with van der Waals surface area (Å²) in [6, 6.07) is 6.89. The number of nitrogens with one attached hydrogen (secondary N) is 2. The topological polar surface area (TPSA) is 121 Å². The van der Waals surface area contributed by atoms with Crippen LogP contribution >= 0.6 is 23.5 Å². The molecule has 2 aromatic rings. The molecule has 2 aliphatic rings. The molecule has 2 N–H and O–H groups in total. The van der Waals surface area contributed by atoms with E-state index in [1.165, 1.54) is 12.1 Å². The molecule has 23 heteroatoms. The second-order valence-corrected chi connectivity index (χ2v) is 10.5. The van der Waals surface area contributed by atoms with Crippen LogP contribution in [-0.2, 0) is 36.0 Å². The Labute approximate surface area is 272 Å². The number of hydrogen-bond acceptors (Lipinski definition) is 6. The Morgan fingerprint density at radius 3 is 1.15 bits per heavy atom. The Bertz CT molecular complexity index is 1520. The van der Waals surface area contributed by atoms with E-state index in [2.05, 4.69) is 10.6 Å². The van der Waals surface area contributed by atoms with E-state index in [1.54, 1.807) is 10.6 Å². The molecule has 2 aliphatic heterocycles. The van der Waals surface area contributed by atoms with Crippen LogP contribution in [-0.4, -0.2) is 48.1 Å². The number of fused-ring (bicyclic) bond motifs is 2. The number of carbonyl (C=O) groups excluding carboxylic acids is 4. The van der Waals surface area contributed by atoms with Gasteiger partial charge in [-0.05, 0) is 46.2 Å². The van der Waals surface area contributed by atoms with Gasteiger partial charge in [0.05, 0.1) is 0 Å². The standard InChI is InChI=1S/2C12H6F6N2O2S.Co/c2*13-11(14,15)8(21)4-9-20-6-2-1-5(3-7(6)23-9)19-10(22)12(16,17)18;/h2*1-4H,(H2,19,20,21,22);/q;;+2/p-2. The maximum absolute atomic E-state index is 12.2. The van der Waals surface area contributed by atoms with Crippen LogP contribution in [0.3, 0.4) is 0 Å². The SMILES string of the molecule is O=C(/C=C1\[N-]c2ccc(NC(=O)C(F)(F)F)cc2S1)C(F)(F)F.O=C(/C=C1\[N-]c2ccc(NC(=O)C(F)(F)F)cc2S1)C(F)(F)F.[Co+2]. The summed E-state index contributed by atoms with van der Waals surface area (Å²) >= 11 is 1.34. The first-order valence-electron chi connectivity index (χ1n) is 11.4. The van der Waals surface area contributed by atoms with E-state index in [0.29, 0.717) is 35.7 Å². The molecule has 0 saturated carbocycles. The maximum Gasteiger partial charge on any atom is 2.00 e. The van der Waals surface area contributed by atoms with Crippen molar-refractivity contribution in [2.45, 2.75) is 34.5 Å². The quantitative estimate of drug-likeness (QED) is 0.238. The van der Waals surface area contributed by atoms with Gasteiger partial charge in [0.2, 0.25) is 0 Å². The maximum atomic E-state index is 12.2. The number of benzene rings is 2. The smallest absolute Gasteiger partial charge is 0.651 e. The number of amides is 2. The summed E-state index contributed by atoms with van der Waals surface area (Å²) in [7, 11) is 0. The molecule has 4 rings (SSSR count). The average molecular weight is 769 g/mol. The Balaban J connectivity index is 0.000000320. The molecule has 0 atom stereocenters. The number of hydrogen-bond donors (Lipinski definition) is 2. The molecule has 2 amide bonds. The molecule has 47 heavy (non-hydrogen) atoms. The first-order valence-corrected chi connectivity index (χ1v) is 13.1. The molecule has 0 fully saturated rings. The predicted molar refractivity (Wildman–Crippen MR) is 138 cm³/mol. The minimum Gasteiger partial charge on any atom is -0.651 e. The molecule has 0 aliphatic carbocycles. The van der Waals surface area contributed by atoms with E-state index in [0.717, 1.165) is 24.3 Å². The predicted octanol–water partition coefficient (Wildman–Crippen LogP) is 8.54. The van der Waals surface area contributed by atoms with Gasteiger partial charge in [-0.3, -0.25) is 19.2 Å². The van der Waals surface area contributed by atoms with Crippen molar-refractivity contribution in [1.82, 2.24) is 0 Å². The average Bonchev–Trinajstić information content (AvgIpc) is 3.49. The largest absolute Gasteiger partial charge is 2.00 e. The first-order chi connectivity index (χ1) is 20.9. The number of thioether (sulfide) groups is 2. The number of rotatable bonds is 4. The van der Waals surface area contributed by atoms with Gasteiger partial charge in [0.25, 0.3) is 11.6 Å². The summed E-state index contributed by atoms with van der Waals surface area (Å²) in [4.78, 5) is 43.7. The third-order valence-corrected chi connectivity index (χ3v) is 6.84. The summed E-state index contributed by atoms with van der Waals surface area (Å²) in [5.74, 6) is -8.55. The minimum absolute atomic E-state index is 0. The molecule has 2 heterocycles. The normalized spacial score (nSPS) is 15.7. The molecule has 0 spiro atoms. The van der Waals surface area contributed by atoms with Crippen molar-refractivity contribution in [3.05, 3.63) is 69.2 Å². The van der Waals surface area contributed by atoms with Gasteiger partial charge in [-0.1, -0.05) is 22.2 Å². The molecule has 0 unspecified atom stereocenters. The number of halogens is 12. The van der Waals surface area contributed by atoms with E-state index < -0.39 is 48.1 Å². The molecule has 1 radical (unpaired) electrons. The van der Waals surface area contributed by atoms with Gasteiger partial charge in [0, 0.05) is 11.4 Å². The summed E-state index contributed by atoms with van der Waals surface area (Å²) in [5.41, 5.74) is -0.0307. The Kier molecular flexibility index (Phi) is 12.2. The molecule has 255 valence electrons. The van der Waals surface area contributed by atoms with Crippen molar-refractivity contribution in [3.8, 4) is 0 Å². The fraction of sp³-hybridized carbons (Fsp3) is 0.167. The van der Waals surface area contributed by atoms with Crippen molar-refractivity contribution in [1.29, 1.82) is 0 Å². The van der Waals surface area contributed by atoms with Crippen LogP contribution in [0.1, 0.15) is 0 Å².